The van der Waals surface area contributed by atoms with Crippen molar-refractivity contribution in [2.45, 2.75) is 31.9 Å². The molecule has 2 nitrogen and oxygen atoms in total. The van der Waals surface area contributed by atoms with Crippen molar-refractivity contribution in [1.82, 2.24) is 0 Å². The van der Waals surface area contributed by atoms with Gasteiger partial charge in [-0.05, 0) is 37.8 Å². The summed E-state index contributed by atoms with van der Waals surface area (Å²) in [6.45, 7) is 0. The lowest BCUT2D eigenvalue weighted by Crippen LogP contribution is -2.30. The van der Waals surface area contributed by atoms with Crippen LogP contribution < -0.4 is 4.74 Å². The van der Waals surface area contributed by atoms with Gasteiger partial charge >= 0.3 is 6.18 Å². The van der Waals surface area contributed by atoms with Crippen molar-refractivity contribution in [2.75, 3.05) is 7.11 Å². The molecule has 21 heavy (non-hydrogen) atoms. The largest absolute Gasteiger partial charge is 0.494 e. The molecule has 1 aliphatic carbocycles. The summed E-state index contributed by atoms with van der Waals surface area (Å²) in [5.74, 6) is -3.12. The molecule has 1 fully saturated rings. The Morgan fingerprint density at radius 2 is 1.81 bits per heavy atom. The number of methoxy groups -OCH3 is 1. The Hall–Kier alpha value is -1.59. The summed E-state index contributed by atoms with van der Waals surface area (Å²) < 4.78 is 56.6. The molecule has 116 valence electrons. The topological polar surface area (TPSA) is 26.3 Å². The molecular formula is C15H16F4O2. The van der Waals surface area contributed by atoms with Crippen molar-refractivity contribution in [1.29, 1.82) is 0 Å². The number of carbonyl (C=O) groups is 1. The van der Waals surface area contributed by atoms with Gasteiger partial charge in [0.15, 0.2) is 17.3 Å². The highest BCUT2D eigenvalue weighted by atomic mass is 19.4. The predicted molar refractivity (Wildman–Crippen MR) is 68.8 cm³/mol. The number of halogens is 4. The molecule has 6 heteroatoms. The van der Waals surface area contributed by atoms with Crippen LogP contribution in [0.25, 0.3) is 0 Å². The zero-order valence-corrected chi connectivity index (χ0v) is 11.5. The second kappa shape index (κ2) is 6.03. The molecule has 2 rings (SSSR count). The van der Waals surface area contributed by atoms with Gasteiger partial charge in [-0.1, -0.05) is 6.07 Å². The van der Waals surface area contributed by atoms with Gasteiger partial charge in [0.05, 0.1) is 18.6 Å². The van der Waals surface area contributed by atoms with E-state index in [0.717, 1.165) is 0 Å². The molecule has 0 unspecified atom stereocenters. The standard InChI is InChI=1S/C15H16F4O2/c1-21-12-4-2-3-11(13(12)16)14(20)9-5-7-10(8-6-9)15(17,18)19/h2-4,9-10H,5-8H2,1H3. The molecule has 1 aromatic rings. The molecule has 0 spiro atoms. The number of Topliss-reactive ketones (excluding diaryl/α,β-unsaturated/α-hetero) is 1. The van der Waals surface area contributed by atoms with E-state index in [2.05, 4.69) is 0 Å². The Morgan fingerprint density at radius 1 is 1.19 bits per heavy atom. The summed E-state index contributed by atoms with van der Waals surface area (Å²) in [6, 6.07) is 4.24. The van der Waals surface area contributed by atoms with Crippen molar-refractivity contribution < 1.29 is 27.1 Å². The van der Waals surface area contributed by atoms with E-state index < -0.39 is 29.6 Å². The van der Waals surface area contributed by atoms with Crippen LogP contribution in [-0.2, 0) is 0 Å². The monoisotopic (exact) mass is 304 g/mol. The van der Waals surface area contributed by atoms with Crippen LogP contribution in [0, 0.1) is 17.7 Å². The Labute approximate surface area is 120 Å². The first kappa shape index (κ1) is 15.8. The summed E-state index contributed by atoms with van der Waals surface area (Å²) >= 11 is 0. The second-order valence-corrected chi connectivity index (χ2v) is 5.28. The Morgan fingerprint density at radius 3 is 2.33 bits per heavy atom. The summed E-state index contributed by atoms with van der Waals surface area (Å²) in [6.07, 6.45) is -4.09. The van der Waals surface area contributed by atoms with E-state index in [1.54, 1.807) is 0 Å². The van der Waals surface area contributed by atoms with Crippen molar-refractivity contribution in [3.8, 4) is 5.75 Å². The van der Waals surface area contributed by atoms with Crippen LogP contribution >= 0.6 is 0 Å². The first-order valence-electron chi connectivity index (χ1n) is 6.78. The lowest BCUT2D eigenvalue weighted by Gasteiger charge is -2.29. The minimum absolute atomic E-state index is 0.0372. The molecule has 0 heterocycles. The molecule has 0 N–H and O–H groups in total. The maximum atomic E-state index is 14.0. The Kier molecular flexibility index (Phi) is 4.54. The van der Waals surface area contributed by atoms with E-state index in [-0.39, 0.29) is 37.0 Å². The van der Waals surface area contributed by atoms with Gasteiger partial charge in [-0.25, -0.2) is 4.39 Å². The zero-order chi connectivity index (χ0) is 15.6. The van der Waals surface area contributed by atoms with Crippen LogP contribution in [0.5, 0.6) is 5.75 Å². The fraction of sp³-hybridized carbons (Fsp3) is 0.533. The number of carbonyl (C=O) groups excluding carboxylic acids is 1. The quantitative estimate of drug-likeness (QED) is 0.611. The van der Waals surface area contributed by atoms with E-state index in [0.29, 0.717) is 0 Å². The molecule has 0 saturated heterocycles. The number of ether oxygens (including phenoxy) is 1. The first-order valence-corrected chi connectivity index (χ1v) is 6.78. The van der Waals surface area contributed by atoms with Gasteiger partial charge in [0.1, 0.15) is 0 Å². The molecule has 1 aromatic carbocycles. The average molecular weight is 304 g/mol. The minimum Gasteiger partial charge on any atom is -0.494 e. The molecular weight excluding hydrogens is 288 g/mol. The number of rotatable bonds is 3. The predicted octanol–water partition coefficient (Wildman–Crippen LogP) is 4.39. The van der Waals surface area contributed by atoms with Gasteiger partial charge in [0.2, 0.25) is 0 Å². The van der Waals surface area contributed by atoms with Gasteiger partial charge in [-0.3, -0.25) is 4.79 Å². The van der Waals surface area contributed by atoms with Gasteiger partial charge in [-0.15, -0.1) is 0 Å². The molecule has 0 aromatic heterocycles. The molecule has 0 radical (unpaired) electrons. The van der Waals surface area contributed by atoms with Crippen LogP contribution in [0.4, 0.5) is 17.6 Å². The molecule has 1 aliphatic rings. The van der Waals surface area contributed by atoms with Crippen LogP contribution in [0.2, 0.25) is 0 Å². The fourth-order valence-electron chi connectivity index (χ4n) is 2.76. The van der Waals surface area contributed by atoms with E-state index >= 15 is 0 Å². The second-order valence-electron chi connectivity index (χ2n) is 5.28. The normalized spacial score (nSPS) is 22.9. The molecule has 0 bridgehead atoms. The van der Waals surface area contributed by atoms with Crippen molar-refractivity contribution in [2.24, 2.45) is 11.8 Å². The highest BCUT2D eigenvalue weighted by Crippen LogP contribution is 2.40. The Bertz CT molecular complexity index is 517. The third kappa shape index (κ3) is 3.36. The van der Waals surface area contributed by atoms with E-state index in [1.165, 1.54) is 25.3 Å². The molecule has 0 aliphatic heterocycles. The average Bonchev–Trinajstić information content (AvgIpc) is 2.46. The first-order chi connectivity index (χ1) is 9.84. The third-order valence-corrected chi connectivity index (χ3v) is 4.01. The van der Waals surface area contributed by atoms with Crippen LogP contribution in [0.15, 0.2) is 18.2 Å². The number of hydrogen-bond acceptors (Lipinski definition) is 2. The maximum absolute atomic E-state index is 14.0. The van der Waals surface area contributed by atoms with Crippen LogP contribution in [0.3, 0.4) is 0 Å². The van der Waals surface area contributed by atoms with Gasteiger partial charge in [0, 0.05) is 5.92 Å². The SMILES string of the molecule is COc1cccc(C(=O)C2CCC(C(F)(F)F)CC2)c1F. The lowest BCUT2D eigenvalue weighted by atomic mass is 9.78. The summed E-state index contributed by atoms with van der Waals surface area (Å²) in [4.78, 5) is 12.3. The summed E-state index contributed by atoms with van der Waals surface area (Å²) in [5, 5.41) is 0. The summed E-state index contributed by atoms with van der Waals surface area (Å²) in [7, 11) is 1.29. The van der Waals surface area contributed by atoms with Gasteiger partial charge in [-0.2, -0.15) is 13.2 Å². The third-order valence-electron chi connectivity index (χ3n) is 4.01. The van der Waals surface area contributed by atoms with E-state index in [1.807, 2.05) is 0 Å². The number of hydrogen-bond donors (Lipinski definition) is 0. The molecule has 0 amide bonds. The highest BCUT2D eigenvalue weighted by Gasteiger charge is 2.42. The maximum Gasteiger partial charge on any atom is 0.391 e. The van der Waals surface area contributed by atoms with E-state index in [4.69, 9.17) is 4.74 Å². The van der Waals surface area contributed by atoms with Crippen molar-refractivity contribution in [3.63, 3.8) is 0 Å². The number of alkyl halides is 3. The smallest absolute Gasteiger partial charge is 0.391 e. The highest BCUT2D eigenvalue weighted by molar-refractivity contribution is 5.98. The van der Waals surface area contributed by atoms with Gasteiger partial charge in [0.25, 0.3) is 0 Å². The van der Waals surface area contributed by atoms with Crippen molar-refractivity contribution >= 4 is 5.78 Å². The Balaban J connectivity index is 2.09. The summed E-state index contributed by atoms with van der Waals surface area (Å²) in [5.41, 5.74) is -0.107. The van der Waals surface area contributed by atoms with Crippen molar-refractivity contribution in [3.05, 3.63) is 29.6 Å². The minimum atomic E-state index is -4.21. The number of benzene rings is 1. The molecule has 0 atom stereocenters. The zero-order valence-electron chi connectivity index (χ0n) is 11.5. The van der Waals surface area contributed by atoms with Crippen LogP contribution in [-0.4, -0.2) is 19.1 Å². The molecule has 1 saturated carbocycles. The van der Waals surface area contributed by atoms with Crippen LogP contribution in [0.1, 0.15) is 36.0 Å². The fourth-order valence-corrected chi connectivity index (χ4v) is 2.76. The number of ketones is 1. The van der Waals surface area contributed by atoms with Gasteiger partial charge < -0.3 is 4.74 Å². The lowest BCUT2D eigenvalue weighted by molar-refractivity contribution is -0.183. The van der Waals surface area contributed by atoms with E-state index in [9.17, 15) is 22.4 Å².